The van der Waals surface area contributed by atoms with E-state index >= 15 is 0 Å². The van der Waals surface area contributed by atoms with Crippen molar-refractivity contribution >= 4 is 44.6 Å². The van der Waals surface area contributed by atoms with Gasteiger partial charge in [-0.05, 0) is 17.7 Å². The van der Waals surface area contributed by atoms with Crippen LogP contribution in [0.1, 0.15) is 5.56 Å². The molecule has 2 rings (SSSR count). The Morgan fingerprint density at radius 1 is 1.00 bits per heavy atom. The standard InChI is InChI=1S/C15H13Cl2NO3S/c16-12-7-4-8-13(15(12)17)18-14(19)10-22(20,21)9-11-5-2-1-3-6-11/h1-8H,9-10H2,(H,18,19). The van der Waals surface area contributed by atoms with Gasteiger partial charge in [-0.25, -0.2) is 8.42 Å². The third-order valence-corrected chi connectivity index (χ3v) is 5.10. The first-order chi connectivity index (χ1) is 10.4. The minimum atomic E-state index is -3.57. The maximum absolute atomic E-state index is 12.0. The Bertz CT molecular complexity index is 777. The molecule has 22 heavy (non-hydrogen) atoms. The van der Waals surface area contributed by atoms with E-state index in [2.05, 4.69) is 5.32 Å². The van der Waals surface area contributed by atoms with E-state index in [1.54, 1.807) is 48.5 Å². The molecule has 4 nitrogen and oxygen atoms in total. The molecule has 116 valence electrons. The third kappa shape index (κ3) is 4.73. The van der Waals surface area contributed by atoms with E-state index < -0.39 is 21.5 Å². The normalized spacial score (nSPS) is 11.2. The van der Waals surface area contributed by atoms with Crippen LogP contribution in [0.25, 0.3) is 0 Å². The van der Waals surface area contributed by atoms with E-state index in [0.717, 1.165) is 0 Å². The molecular formula is C15H13Cl2NO3S. The lowest BCUT2D eigenvalue weighted by Gasteiger charge is -2.09. The van der Waals surface area contributed by atoms with Crippen LogP contribution in [0.2, 0.25) is 10.0 Å². The molecule has 0 aliphatic carbocycles. The molecule has 0 radical (unpaired) electrons. The van der Waals surface area contributed by atoms with E-state index in [0.29, 0.717) is 5.56 Å². The van der Waals surface area contributed by atoms with Crippen molar-refractivity contribution in [3.05, 3.63) is 64.1 Å². The molecule has 2 aromatic rings. The zero-order valence-electron chi connectivity index (χ0n) is 11.4. The second-order valence-electron chi connectivity index (χ2n) is 4.67. The lowest BCUT2D eigenvalue weighted by atomic mass is 10.2. The van der Waals surface area contributed by atoms with E-state index in [1.165, 1.54) is 0 Å². The van der Waals surface area contributed by atoms with Crippen LogP contribution in [0, 0.1) is 0 Å². The molecule has 0 bridgehead atoms. The summed E-state index contributed by atoms with van der Waals surface area (Å²) in [7, 11) is -3.57. The first-order valence-electron chi connectivity index (χ1n) is 6.35. The molecule has 0 atom stereocenters. The SMILES string of the molecule is O=C(CS(=O)(=O)Cc1ccccc1)Nc1cccc(Cl)c1Cl. The molecular weight excluding hydrogens is 345 g/mol. The second-order valence-corrected chi connectivity index (χ2v) is 7.52. The summed E-state index contributed by atoms with van der Waals surface area (Å²) in [5.74, 6) is -1.46. The van der Waals surface area contributed by atoms with Gasteiger partial charge in [-0.1, -0.05) is 59.6 Å². The Kier molecular flexibility index (Phi) is 5.45. The quantitative estimate of drug-likeness (QED) is 0.889. The summed E-state index contributed by atoms with van der Waals surface area (Å²) in [4.78, 5) is 11.9. The molecule has 0 unspecified atom stereocenters. The fourth-order valence-corrected chi connectivity index (χ4v) is 3.49. The average molecular weight is 358 g/mol. The first-order valence-corrected chi connectivity index (χ1v) is 8.93. The molecule has 0 saturated carbocycles. The van der Waals surface area contributed by atoms with Crippen LogP contribution in [0.5, 0.6) is 0 Å². The fourth-order valence-electron chi connectivity index (χ4n) is 1.87. The summed E-state index contributed by atoms with van der Waals surface area (Å²) in [5.41, 5.74) is 0.921. The first kappa shape index (κ1) is 16.8. The number of amides is 1. The molecule has 1 N–H and O–H groups in total. The minimum absolute atomic E-state index is 0.179. The van der Waals surface area contributed by atoms with E-state index in [-0.39, 0.29) is 21.5 Å². The van der Waals surface area contributed by atoms with Gasteiger partial charge in [-0.3, -0.25) is 4.79 Å². The number of rotatable bonds is 5. The van der Waals surface area contributed by atoms with Gasteiger partial charge in [0, 0.05) is 0 Å². The highest BCUT2D eigenvalue weighted by Gasteiger charge is 2.18. The lowest BCUT2D eigenvalue weighted by Crippen LogP contribution is -2.24. The Morgan fingerprint density at radius 3 is 2.36 bits per heavy atom. The van der Waals surface area contributed by atoms with Crippen molar-refractivity contribution in [2.24, 2.45) is 0 Å². The smallest absolute Gasteiger partial charge is 0.239 e. The number of anilines is 1. The Balaban J connectivity index is 2.03. The van der Waals surface area contributed by atoms with Gasteiger partial charge in [-0.2, -0.15) is 0 Å². The van der Waals surface area contributed by atoms with E-state index in [4.69, 9.17) is 23.2 Å². The number of hydrogen-bond acceptors (Lipinski definition) is 3. The summed E-state index contributed by atoms with van der Waals surface area (Å²) in [6.07, 6.45) is 0. The minimum Gasteiger partial charge on any atom is -0.324 e. The number of hydrogen-bond donors (Lipinski definition) is 1. The highest BCUT2D eigenvalue weighted by Crippen LogP contribution is 2.29. The molecule has 0 heterocycles. The number of carbonyl (C=O) groups is 1. The van der Waals surface area contributed by atoms with Crippen LogP contribution >= 0.6 is 23.2 Å². The zero-order chi connectivity index (χ0) is 16.2. The fraction of sp³-hybridized carbons (Fsp3) is 0.133. The number of benzene rings is 2. The number of halogens is 2. The van der Waals surface area contributed by atoms with Crippen LogP contribution in [-0.2, 0) is 20.4 Å². The number of nitrogens with one attached hydrogen (secondary N) is 1. The van der Waals surface area contributed by atoms with Crippen molar-refractivity contribution in [2.45, 2.75) is 5.75 Å². The summed E-state index contributed by atoms with van der Waals surface area (Å²) in [5, 5.41) is 2.92. The predicted octanol–water partition coefficient (Wildman–Crippen LogP) is 3.55. The van der Waals surface area contributed by atoms with Crippen LogP contribution < -0.4 is 5.32 Å². The van der Waals surface area contributed by atoms with Crippen molar-refractivity contribution in [1.29, 1.82) is 0 Å². The van der Waals surface area contributed by atoms with Crippen molar-refractivity contribution in [1.82, 2.24) is 0 Å². The van der Waals surface area contributed by atoms with Crippen molar-refractivity contribution in [2.75, 3.05) is 11.1 Å². The van der Waals surface area contributed by atoms with Gasteiger partial charge in [0.15, 0.2) is 9.84 Å². The Labute approximate surface area is 139 Å². The van der Waals surface area contributed by atoms with Gasteiger partial charge in [0.25, 0.3) is 0 Å². The van der Waals surface area contributed by atoms with Gasteiger partial charge in [-0.15, -0.1) is 0 Å². The number of carbonyl (C=O) groups excluding carboxylic acids is 1. The van der Waals surface area contributed by atoms with Crippen LogP contribution in [0.15, 0.2) is 48.5 Å². The average Bonchev–Trinajstić information content (AvgIpc) is 2.43. The molecule has 0 aromatic heterocycles. The largest absolute Gasteiger partial charge is 0.324 e. The Hall–Kier alpha value is -1.56. The molecule has 1 amide bonds. The van der Waals surface area contributed by atoms with Gasteiger partial charge in [0.05, 0.1) is 21.5 Å². The van der Waals surface area contributed by atoms with Crippen LogP contribution in [0.4, 0.5) is 5.69 Å². The van der Waals surface area contributed by atoms with E-state index in [9.17, 15) is 13.2 Å². The van der Waals surface area contributed by atoms with Gasteiger partial charge >= 0.3 is 0 Å². The highest BCUT2D eigenvalue weighted by molar-refractivity contribution is 7.91. The molecule has 7 heteroatoms. The highest BCUT2D eigenvalue weighted by atomic mass is 35.5. The van der Waals surface area contributed by atoms with Gasteiger partial charge in [0.2, 0.25) is 5.91 Å². The molecule has 0 aliphatic heterocycles. The molecule has 0 saturated heterocycles. The van der Waals surface area contributed by atoms with E-state index in [1.807, 2.05) is 0 Å². The monoisotopic (exact) mass is 357 g/mol. The summed E-state index contributed by atoms with van der Waals surface area (Å²) < 4.78 is 24.1. The topological polar surface area (TPSA) is 63.2 Å². The van der Waals surface area contributed by atoms with Crippen molar-refractivity contribution in [3.8, 4) is 0 Å². The summed E-state index contributed by atoms with van der Waals surface area (Å²) in [6, 6.07) is 13.4. The lowest BCUT2D eigenvalue weighted by molar-refractivity contribution is -0.113. The third-order valence-electron chi connectivity index (χ3n) is 2.81. The van der Waals surface area contributed by atoms with Crippen LogP contribution in [-0.4, -0.2) is 20.1 Å². The van der Waals surface area contributed by atoms with Crippen molar-refractivity contribution in [3.63, 3.8) is 0 Å². The summed E-state index contributed by atoms with van der Waals surface area (Å²) >= 11 is 11.8. The molecule has 2 aromatic carbocycles. The molecule has 0 fully saturated rings. The maximum atomic E-state index is 12.0. The molecule has 0 aliphatic rings. The summed E-state index contributed by atoms with van der Waals surface area (Å²) in [6.45, 7) is 0. The Morgan fingerprint density at radius 2 is 1.68 bits per heavy atom. The zero-order valence-corrected chi connectivity index (χ0v) is 13.8. The second kappa shape index (κ2) is 7.13. The van der Waals surface area contributed by atoms with Gasteiger partial charge in [0.1, 0.15) is 5.75 Å². The van der Waals surface area contributed by atoms with Gasteiger partial charge < -0.3 is 5.32 Å². The van der Waals surface area contributed by atoms with Crippen LogP contribution in [0.3, 0.4) is 0 Å². The molecule has 0 spiro atoms. The predicted molar refractivity (Wildman–Crippen MR) is 89.0 cm³/mol. The van der Waals surface area contributed by atoms with Crippen molar-refractivity contribution < 1.29 is 13.2 Å². The number of sulfone groups is 1. The maximum Gasteiger partial charge on any atom is 0.239 e.